The van der Waals surface area contributed by atoms with Crippen molar-refractivity contribution in [2.45, 2.75) is 111 Å². The molecule has 3 N–H and O–H groups in total. The molecule has 8 aromatic rings. The minimum Gasteiger partial charge on any atom is -0.493 e. The molecule has 0 bridgehead atoms. The van der Waals surface area contributed by atoms with Crippen LogP contribution in [0.1, 0.15) is 101 Å². The van der Waals surface area contributed by atoms with Gasteiger partial charge in [-0.15, -0.1) is 10.2 Å². The highest BCUT2D eigenvalue weighted by Gasteiger charge is 2.59. The van der Waals surface area contributed by atoms with Crippen LogP contribution in [0.25, 0.3) is 43.5 Å². The molecule has 1 amide bonds. The molecular weight excluding hydrogens is 1290 g/mol. The van der Waals surface area contributed by atoms with Crippen LogP contribution in [-0.4, -0.2) is 106 Å². The van der Waals surface area contributed by atoms with E-state index in [2.05, 4.69) is 64.2 Å². The number of hydrogen-bond donors (Lipinski definition) is 3. The number of rotatable bonds is 15. The molecule has 2 atom stereocenters. The summed E-state index contributed by atoms with van der Waals surface area (Å²) < 4.78 is 134. The Kier molecular flexibility index (Phi) is 21.4. The topological polar surface area (TPSA) is 243 Å². The predicted octanol–water partition coefficient (Wildman–Crippen LogP) is 13.0. The number of anilines is 3. The van der Waals surface area contributed by atoms with Crippen molar-refractivity contribution in [3.8, 4) is 40.3 Å². The fourth-order valence-electron chi connectivity index (χ4n) is 11.0. The van der Waals surface area contributed by atoms with Crippen LogP contribution in [0.5, 0.6) is 11.5 Å². The molecule has 4 aromatic heterocycles. The van der Waals surface area contributed by atoms with Gasteiger partial charge in [0.2, 0.25) is 5.69 Å². The van der Waals surface area contributed by atoms with E-state index in [1.165, 1.54) is 15.5 Å². The second-order valence-corrected chi connectivity index (χ2v) is 21.9. The van der Waals surface area contributed by atoms with E-state index in [4.69, 9.17) is 49.4 Å². The second kappa shape index (κ2) is 28.7. The molecule has 3 aliphatic heterocycles. The van der Waals surface area contributed by atoms with Gasteiger partial charge in [-0.3, -0.25) is 24.1 Å². The maximum absolute atomic E-state index is 15.7. The van der Waals surface area contributed by atoms with E-state index in [-0.39, 0.29) is 55.7 Å². The van der Waals surface area contributed by atoms with E-state index < -0.39 is 80.4 Å². The van der Waals surface area contributed by atoms with Crippen LogP contribution in [-0.2, 0) is 39.5 Å². The number of isothiocyanates is 1. The lowest BCUT2D eigenvalue weighted by Gasteiger charge is -2.31. The third kappa shape index (κ3) is 13.7. The van der Waals surface area contributed by atoms with Gasteiger partial charge in [0, 0.05) is 37.2 Å². The van der Waals surface area contributed by atoms with Crippen molar-refractivity contribution in [3.63, 3.8) is 0 Å². The van der Waals surface area contributed by atoms with Gasteiger partial charge in [-0.2, -0.15) is 36.6 Å². The van der Waals surface area contributed by atoms with Gasteiger partial charge in [0.05, 0.1) is 90.0 Å². The van der Waals surface area contributed by atoms with Gasteiger partial charge in [-0.1, -0.05) is 27.3 Å². The fourth-order valence-corrected chi connectivity index (χ4v) is 11.6. The Morgan fingerprint density at radius 1 is 0.768 bits per heavy atom. The number of imidazole rings is 2. The molecule has 2 unspecified atom stereocenters. The van der Waals surface area contributed by atoms with Gasteiger partial charge < -0.3 is 39.1 Å². The number of aryl methyl sites for hydroxylation is 4. The SMILES string of the molecule is C.CCCc1nc(C)c2c(=O)[nH]c(-c3cc(N4C(=S)N(c5ccc(C#N)c(C(F)(F)F)c5F)C(=O)C45CCOC5)ccc3OCC)nn12.[C-]#[N+]C1(Nc2ccc(OCC)c(-c3nn4c(CCC)nc(C)c4c(=O)[nH]3)c2)CCOC1.[C-]#[N+]c1ccc(N=C=S)c(F)c1C(F)(F)F. The highest BCUT2D eigenvalue weighted by molar-refractivity contribution is 7.81. The molecule has 0 saturated carbocycles. The van der Waals surface area contributed by atoms with Crippen LogP contribution in [0.4, 0.5) is 63.6 Å². The number of aromatic nitrogens is 8. The van der Waals surface area contributed by atoms with Gasteiger partial charge in [-0.05, 0) is 120 Å². The van der Waals surface area contributed by atoms with E-state index in [1.54, 1.807) is 41.7 Å². The standard InChI is InChI=1S/C31H27F4N7O4S.C22H26N6O3.C9H2F4N2S.CH4/c1-4-6-22-37-16(3)25-27(43)38-26(39-42(22)25)19-13-18(8-10-21(19)46-5-2)41-29(47)40(28(44)30(41)11-12-45-15-30)20-9-7-17(14-36)23(24(20)32)31(33,34)35;1-5-7-18-24-14(3)19-21(29)25-20(27-28(18)19)16-12-15(8-9-17(16)31-6-2)26-22(23-4)10-11-30-13-22;1-14-5-2-3-6(15-4-16)8(10)7(5)9(11,12)13;/h7-10,13H,4-6,11-12,15H2,1-3H3,(H,38,39,43);8-9,12,26H,5-7,10-11,13H2,1-3H3,(H,25,27,29);2-3H;1H4. The van der Waals surface area contributed by atoms with Crippen molar-refractivity contribution in [2.75, 3.05) is 54.8 Å². The number of nitrogens with one attached hydrogen (secondary N) is 3. The normalized spacial score (nSPS) is 16.7. The maximum Gasteiger partial charge on any atom is 0.420 e. The highest BCUT2D eigenvalue weighted by atomic mass is 32.1. The van der Waals surface area contributed by atoms with Crippen LogP contribution in [0.15, 0.2) is 75.2 Å². The molecule has 32 heteroatoms. The monoisotopic (exact) mass is 1350 g/mol. The Labute approximate surface area is 547 Å². The third-order valence-electron chi connectivity index (χ3n) is 15.2. The van der Waals surface area contributed by atoms with Gasteiger partial charge >= 0.3 is 18.0 Å². The molecule has 3 aliphatic rings. The van der Waals surface area contributed by atoms with Crippen molar-refractivity contribution in [3.05, 3.63) is 156 Å². The molecule has 95 heavy (non-hydrogen) atoms. The molecule has 4 aromatic carbocycles. The molecule has 1 spiro atoms. The quantitative estimate of drug-likeness (QED) is 0.0374. The molecule has 11 rings (SSSR count). The number of aromatic amines is 2. The number of nitrogens with zero attached hydrogens (tertiary/aromatic N) is 12. The number of ether oxygens (including phenoxy) is 4. The zero-order valence-electron chi connectivity index (χ0n) is 50.8. The number of aliphatic imine (C=N–C) groups is 1. The highest BCUT2D eigenvalue weighted by Crippen LogP contribution is 2.47. The first-order valence-corrected chi connectivity index (χ1v) is 29.8. The minimum atomic E-state index is -5.22. The van der Waals surface area contributed by atoms with Gasteiger partial charge in [0.15, 0.2) is 45.0 Å². The lowest BCUT2D eigenvalue weighted by molar-refractivity contribution is -0.140. The number of H-pyrrole nitrogens is 2. The number of alkyl halides is 6. The Bertz CT molecular complexity index is 4610. The summed E-state index contributed by atoms with van der Waals surface area (Å²) in [5.41, 5.74) is -5.61. The molecular formula is C63H59F8N15O7S2. The summed E-state index contributed by atoms with van der Waals surface area (Å²) in [5, 5.41) is 23.4. The van der Waals surface area contributed by atoms with Crippen LogP contribution < -0.4 is 35.7 Å². The Morgan fingerprint density at radius 2 is 1.33 bits per heavy atom. The molecule has 3 fully saturated rings. The van der Waals surface area contributed by atoms with Gasteiger partial charge in [-0.25, -0.2) is 39.2 Å². The number of carbonyl (C=O) groups excluding carboxylic acids is 1. The van der Waals surface area contributed by atoms with E-state index in [1.807, 2.05) is 39.0 Å². The molecule has 0 aliphatic carbocycles. The average Bonchev–Trinajstić information content (AvgIpc) is 1.56. The Hall–Kier alpha value is -10.0. The van der Waals surface area contributed by atoms with Crippen molar-refractivity contribution in [2.24, 2.45) is 4.99 Å². The first-order valence-electron chi connectivity index (χ1n) is 29.0. The van der Waals surface area contributed by atoms with E-state index >= 15 is 4.39 Å². The zero-order chi connectivity index (χ0) is 68.2. The summed E-state index contributed by atoms with van der Waals surface area (Å²) in [4.78, 5) is 66.6. The summed E-state index contributed by atoms with van der Waals surface area (Å²) in [6.45, 7) is 26.9. The number of thiocarbonyl (C=S) groups is 2. The Morgan fingerprint density at radius 3 is 1.81 bits per heavy atom. The van der Waals surface area contributed by atoms with E-state index in [0.29, 0.717) is 94.4 Å². The molecule has 0 radical (unpaired) electrons. The zero-order valence-corrected chi connectivity index (χ0v) is 52.5. The number of fused-ring (bicyclic) bond motifs is 2. The maximum atomic E-state index is 15.7. The lowest BCUT2D eigenvalue weighted by Crippen LogP contribution is -2.50. The summed E-state index contributed by atoms with van der Waals surface area (Å²) in [5.74, 6) is -1.41. The lowest BCUT2D eigenvalue weighted by atomic mass is 9.95. The Balaban J connectivity index is 0.000000206. The fraction of sp³-hybridized carbons (Fsp3) is 0.365. The van der Waals surface area contributed by atoms with Gasteiger partial charge in [0.1, 0.15) is 41.0 Å². The van der Waals surface area contributed by atoms with Crippen LogP contribution in [0, 0.1) is 50.0 Å². The van der Waals surface area contributed by atoms with E-state index in [9.17, 15) is 50.4 Å². The van der Waals surface area contributed by atoms with Crippen molar-refractivity contribution >= 4 is 80.1 Å². The molecule has 7 heterocycles. The smallest absolute Gasteiger partial charge is 0.420 e. The second-order valence-electron chi connectivity index (χ2n) is 21.3. The van der Waals surface area contributed by atoms with Crippen LogP contribution in [0.2, 0.25) is 0 Å². The summed E-state index contributed by atoms with van der Waals surface area (Å²) in [6, 6.07) is 15.2. The molecule has 496 valence electrons. The summed E-state index contributed by atoms with van der Waals surface area (Å²) in [7, 11) is 0. The summed E-state index contributed by atoms with van der Waals surface area (Å²) >= 11 is 9.86. The first kappa shape index (κ1) is 70.8. The van der Waals surface area contributed by atoms with Crippen molar-refractivity contribution in [1.82, 2.24) is 39.2 Å². The number of benzene rings is 4. The first-order chi connectivity index (χ1) is 44.8. The number of carbonyl (C=O) groups is 1. The molecule has 22 nitrogen and oxygen atoms in total. The number of hydrogen-bond acceptors (Lipinski definition) is 16. The van der Waals surface area contributed by atoms with E-state index in [0.717, 1.165) is 55.0 Å². The third-order valence-corrected chi connectivity index (χ3v) is 15.6. The van der Waals surface area contributed by atoms with Crippen LogP contribution >= 0.6 is 24.4 Å². The number of halogens is 8. The van der Waals surface area contributed by atoms with Crippen LogP contribution in [0.3, 0.4) is 0 Å². The number of nitriles is 1. The summed E-state index contributed by atoms with van der Waals surface area (Å²) in [6.07, 6.45) is -6.54. The predicted molar refractivity (Wildman–Crippen MR) is 342 cm³/mol. The average molecular weight is 1350 g/mol. The minimum absolute atomic E-state index is 0. The largest absolute Gasteiger partial charge is 0.493 e. The molecule has 3 saturated heterocycles. The van der Waals surface area contributed by atoms with Crippen molar-refractivity contribution in [1.29, 1.82) is 5.26 Å². The van der Waals surface area contributed by atoms with Gasteiger partial charge in [0.25, 0.3) is 17.0 Å². The van der Waals surface area contributed by atoms with Crippen molar-refractivity contribution < 1.29 is 58.9 Å². The number of amides is 1.